The molecule has 0 amide bonds. The van der Waals surface area contributed by atoms with Gasteiger partial charge in [-0.3, -0.25) is 0 Å². The second-order valence-electron chi connectivity index (χ2n) is 0. The summed E-state index contributed by atoms with van der Waals surface area (Å²) in [6.45, 7) is 0. The van der Waals surface area contributed by atoms with E-state index < -0.39 is 0 Å². The second-order valence-corrected chi connectivity index (χ2v) is 0. The van der Waals surface area contributed by atoms with E-state index >= 15 is 0 Å². The average molecular weight is 247 g/mol. The third-order valence-electron chi connectivity index (χ3n) is 0. The molecule has 0 N–H and O–H groups in total. The normalized spacial score (nSPS) is 0. The van der Waals surface area contributed by atoms with Crippen LogP contribution in [0.2, 0.25) is 0 Å². The van der Waals surface area contributed by atoms with Gasteiger partial charge in [0.15, 0.2) is 0 Å². The van der Waals surface area contributed by atoms with Gasteiger partial charge in [-0.05, 0) is 0 Å². The van der Waals surface area contributed by atoms with Crippen LogP contribution < -0.4 is 0 Å². The molecule has 2 nitrogen and oxygen atoms in total. The molecule has 0 aliphatic carbocycles. The topological polar surface area (TPSA) is 57.0 Å². The molecule has 5 heteroatoms. The minimum absolute atomic E-state index is 0. The summed E-state index contributed by atoms with van der Waals surface area (Å²) >= 11 is 0. The minimum atomic E-state index is 0. The Kier molecular flexibility index (Phi) is 336. The zero-order valence-electron chi connectivity index (χ0n) is 4.52. The zero-order valence-corrected chi connectivity index (χ0v) is 9.53. The van der Waals surface area contributed by atoms with Crippen LogP contribution in [0.1, 0.15) is 2.85 Å². The molecule has 24 valence electrons. The van der Waals surface area contributed by atoms with Crippen molar-refractivity contribution in [1.82, 2.24) is 0 Å². The molecule has 0 rings (SSSR count). The maximum atomic E-state index is 0. The summed E-state index contributed by atoms with van der Waals surface area (Å²) in [7, 11) is 0. The van der Waals surface area contributed by atoms with Crippen LogP contribution >= 0.6 is 0 Å². The SMILES string of the molecule is [Ba+2].[H-].[H-].[O-2].[O-2].[Si].[Ti+4]. The first kappa shape index (κ1) is 52.2. The van der Waals surface area contributed by atoms with Gasteiger partial charge in [-0.2, -0.15) is 0 Å². The Morgan fingerprint density at radius 1 is 1.00 bits per heavy atom. The van der Waals surface area contributed by atoms with Gasteiger partial charge in [-0.25, -0.2) is 0 Å². The van der Waals surface area contributed by atoms with E-state index in [9.17, 15) is 0 Å². The molecule has 4 radical (unpaired) electrons. The Morgan fingerprint density at radius 2 is 1.00 bits per heavy atom. The number of hydrogen-bond donors (Lipinski definition) is 0. The van der Waals surface area contributed by atoms with Gasteiger partial charge in [-0.1, -0.05) is 0 Å². The molecule has 0 atom stereocenters. The van der Waals surface area contributed by atoms with Crippen molar-refractivity contribution in [1.29, 1.82) is 0 Å². The second kappa shape index (κ2) is 32.2. The molecular formula is H2BaO2SiTi. The van der Waals surface area contributed by atoms with Crippen molar-refractivity contribution in [3.8, 4) is 0 Å². The van der Waals surface area contributed by atoms with E-state index in [1.807, 2.05) is 0 Å². The summed E-state index contributed by atoms with van der Waals surface area (Å²) in [5.41, 5.74) is 0. The van der Waals surface area contributed by atoms with Crippen LogP contribution in [0.15, 0.2) is 0 Å². The molecule has 0 saturated heterocycles. The van der Waals surface area contributed by atoms with E-state index in [1.165, 1.54) is 0 Å². The fraction of sp³-hybridized carbons (Fsp3) is 0. The van der Waals surface area contributed by atoms with Crippen LogP contribution in [0.3, 0.4) is 0 Å². The minimum Gasteiger partial charge on any atom is -2.00 e. The van der Waals surface area contributed by atoms with E-state index in [0.717, 1.165) is 0 Å². The summed E-state index contributed by atoms with van der Waals surface area (Å²) in [4.78, 5) is 0. The molecule has 0 aromatic heterocycles. The van der Waals surface area contributed by atoms with E-state index in [0.29, 0.717) is 0 Å². The first-order chi connectivity index (χ1) is 0. The largest absolute Gasteiger partial charge is 4.00 e. The molecule has 5 heavy (non-hydrogen) atoms. The van der Waals surface area contributed by atoms with Gasteiger partial charge in [0.2, 0.25) is 0 Å². The summed E-state index contributed by atoms with van der Waals surface area (Å²) in [5, 5.41) is 0. The predicted octanol–water partition coefficient (Wildman–Crippen LogP) is -0.777. The number of rotatable bonds is 0. The maximum Gasteiger partial charge on any atom is 4.00 e. The van der Waals surface area contributed by atoms with E-state index in [4.69, 9.17) is 0 Å². The van der Waals surface area contributed by atoms with E-state index in [2.05, 4.69) is 0 Å². The smallest absolute Gasteiger partial charge is 2.00 e. The van der Waals surface area contributed by atoms with Crippen LogP contribution in [0.25, 0.3) is 0 Å². The molecule has 0 unspecified atom stereocenters. The van der Waals surface area contributed by atoms with E-state index in [1.54, 1.807) is 0 Å². The number of hydrogen-bond acceptors (Lipinski definition) is 0. The maximum absolute atomic E-state index is 0. The summed E-state index contributed by atoms with van der Waals surface area (Å²) in [5.74, 6) is 0. The third kappa shape index (κ3) is 21.4. The fourth-order valence-electron chi connectivity index (χ4n) is 0. The Balaban J connectivity index is 0. The first-order valence-corrected chi connectivity index (χ1v) is 0. The third-order valence-corrected chi connectivity index (χ3v) is 0. The molecule has 0 saturated carbocycles. The monoisotopic (exact) mass is 248 g/mol. The van der Waals surface area contributed by atoms with Gasteiger partial charge in [-0.15, -0.1) is 0 Å². The summed E-state index contributed by atoms with van der Waals surface area (Å²) < 4.78 is 0. The Hall–Kier alpha value is 2.42. The summed E-state index contributed by atoms with van der Waals surface area (Å²) in [6.07, 6.45) is 0. The molecule has 0 aliphatic rings. The van der Waals surface area contributed by atoms with Crippen LogP contribution in [0.4, 0.5) is 0 Å². The van der Waals surface area contributed by atoms with Crippen LogP contribution in [0, 0.1) is 0 Å². The Labute approximate surface area is 93.7 Å². The molecule has 0 heterocycles. The molecule has 0 bridgehead atoms. The summed E-state index contributed by atoms with van der Waals surface area (Å²) in [6, 6.07) is 0. The quantitative estimate of drug-likeness (QED) is 0.504. The van der Waals surface area contributed by atoms with Gasteiger partial charge in [0, 0.05) is 11.0 Å². The average Bonchev–Trinajstić information content (AvgIpc) is 0. The predicted molar refractivity (Wildman–Crippen MR) is 15.1 cm³/mol. The molecule has 0 aromatic rings. The molecular weight excluding hydrogens is 245 g/mol. The van der Waals surface area contributed by atoms with E-state index in [-0.39, 0.29) is 95.4 Å². The van der Waals surface area contributed by atoms with Crippen LogP contribution in [-0.4, -0.2) is 59.8 Å². The van der Waals surface area contributed by atoms with Gasteiger partial charge >= 0.3 is 70.6 Å². The van der Waals surface area contributed by atoms with Crippen molar-refractivity contribution in [2.45, 2.75) is 0 Å². The van der Waals surface area contributed by atoms with Crippen molar-refractivity contribution < 1.29 is 35.5 Å². The fourth-order valence-corrected chi connectivity index (χ4v) is 0. The van der Waals surface area contributed by atoms with Gasteiger partial charge in [0.1, 0.15) is 0 Å². The Bertz CT molecular complexity index is 15.7. The van der Waals surface area contributed by atoms with Crippen LogP contribution in [0.5, 0.6) is 0 Å². The Morgan fingerprint density at radius 3 is 1.00 bits per heavy atom. The van der Waals surface area contributed by atoms with Crippen molar-refractivity contribution in [3.05, 3.63) is 0 Å². The molecule has 0 spiro atoms. The molecule has 0 aliphatic heterocycles. The molecule has 0 aromatic carbocycles. The first-order valence-electron chi connectivity index (χ1n) is 0. The van der Waals surface area contributed by atoms with Crippen molar-refractivity contribution in [3.63, 3.8) is 0 Å². The van der Waals surface area contributed by atoms with Gasteiger partial charge in [0.25, 0.3) is 0 Å². The molecule has 0 fully saturated rings. The zero-order chi connectivity index (χ0) is 0. The van der Waals surface area contributed by atoms with Crippen LogP contribution in [-0.2, 0) is 32.7 Å². The van der Waals surface area contributed by atoms with Crippen molar-refractivity contribution in [2.75, 3.05) is 0 Å². The van der Waals surface area contributed by atoms with Crippen molar-refractivity contribution >= 4 is 59.8 Å². The van der Waals surface area contributed by atoms with Crippen molar-refractivity contribution in [2.24, 2.45) is 0 Å². The van der Waals surface area contributed by atoms with Gasteiger partial charge in [0.05, 0.1) is 0 Å². The standard InChI is InChI=1S/Ba.2O.Si.Ti.2H/q+2;2*-2;;+4;2*-1. The van der Waals surface area contributed by atoms with Gasteiger partial charge < -0.3 is 13.8 Å².